The summed E-state index contributed by atoms with van der Waals surface area (Å²) in [5, 5.41) is 3.18. The molecule has 0 radical (unpaired) electrons. The van der Waals surface area contributed by atoms with E-state index in [-0.39, 0.29) is 6.10 Å². The topological polar surface area (TPSA) is 34.2 Å². The fraction of sp³-hybridized carbons (Fsp3) is 0.583. The first-order valence-corrected chi connectivity index (χ1v) is 5.83. The molecule has 1 fully saturated rings. The summed E-state index contributed by atoms with van der Waals surface area (Å²) in [6, 6.07) is 2.52. The van der Waals surface area contributed by atoms with Crippen molar-refractivity contribution in [1.29, 1.82) is 0 Å². The van der Waals surface area contributed by atoms with Crippen LogP contribution in [-0.4, -0.2) is 30.8 Å². The minimum Gasteiger partial charge on any atom is -0.375 e. The van der Waals surface area contributed by atoms with Crippen LogP contribution in [0, 0.1) is 6.92 Å². The molecule has 0 amide bonds. The first-order valence-electron chi connectivity index (χ1n) is 5.83. The standard InChI is InChI=1S/C12H15F3N2O/c1-8-9(6-10-7-16-4-5-18-10)2-3-11(17-8)12(13,14)15/h2-3,10,16H,4-7H2,1H3. The van der Waals surface area contributed by atoms with Gasteiger partial charge in [0.1, 0.15) is 5.69 Å². The molecule has 1 N–H and O–H groups in total. The van der Waals surface area contributed by atoms with Crippen LogP contribution in [0.1, 0.15) is 17.0 Å². The summed E-state index contributed by atoms with van der Waals surface area (Å²) in [4.78, 5) is 3.61. The number of rotatable bonds is 2. The van der Waals surface area contributed by atoms with Gasteiger partial charge >= 0.3 is 6.18 Å². The number of nitrogens with one attached hydrogen (secondary N) is 1. The van der Waals surface area contributed by atoms with E-state index in [2.05, 4.69) is 10.3 Å². The van der Waals surface area contributed by atoms with Gasteiger partial charge in [-0.05, 0) is 18.6 Å². The first kappa shape index (κ1) is 13.3. The van der Waals surface area contributed by atoms with Crippen LogP contribution in [0.15, 0.2) is 12.1 Å². The van der Waals surface area contributed by atoms with Gasteiger partial charge in [0.15, 0.2) is 0 Å². The second-order valence-electron chi connectivity index (χ2n) is 4.34. The second kappa shape index (κ2) is 5.24. The minimum absolute atomic E-state index is 0.0102. The van der Waals surface area contributed by atoms with Gasteiger partial charge in [0.05, 0.1) is 12.7 Å². The predicted molar refractivity (Wildman–Crippen MR) is 60.3 cm³/mol. The van der Waals surface area contributed by atoms with Crippen molar-refractivity contribution >= 4 is 0 Å². The summed E-state index contributed by atoms with van der Waals surface area (Å²) < 4.78 is 42.9. The lowest BCUT2D eigenvalue weighted by molar-refractivity contribution is -0.141. The van der Waals surface area contributed by atoms with E-state index in [4.69, 9.17) is 4.74 Å². The van der Waals surface area contributed by atoms with Gasteiger partial charge in [0.2, 0.25) is 0 Å². The maximum absolute atomic E-state index is 12.5. The van der Waals surface area contributed by atoms with Crippen molar-refractivity contribution in [2.24, 2.45) is 0 Å². The number of aromatic nitrogens is 1. The van der Waals surface area contributed by atoms with Crippen molar-refractivity contribution in [2.75, 3.05) is 19.7 Å². The highest BCUT2D eigenvalue weighted by molar-refractivity contribution is 5.24. The molecule has 1 aliphatic heterocycles. The zero-order valence-electron chi connectivity index (χ0n) is 10.0. The maximum Gasteiger partial charge on any atom is 0.433 e. The van der Waals surface area contributed by atoms with E-state index in [0.717, 1.165) is 24.7 Å². The number of alkyl halides is 3. The molecule has 1 atom stereocenters. The summed E-state index contributed by atoms with van der Waals surface area (Å²) in [6.07, 6.45) is -3.79. The predicted octanol–water partition coefficient (Wildman–Crippen LogP) is 1.94. The smallest absolute Gasteiger partial charge is 0.375 e. The molecule has 100 valence electrons. The molecular weight excluding hydrogens is 245 g/mol. The molecule has 1 saturated heterocycles. The van der Waals surface area contributed by atoms with Gasteiger partial charge in [-0.15, -0.1) is 0 Å². The summed E-state index contributed by atoms with van der Waals surface area (Å²) in [5.41, 5.74) is 0.377. The van der Waals surface area contributed by atoms with Crippen LogP contribution in [0.2, 0.25) is 0 Å². The number of aryl methyl sites for hydroxylation is 1. The SMILES string of the molecule is Cc1nc(C(F)(F)F)ccc1CC1CNCCO1. The molecule has 1 aromatic rings. The molecule has 6 heteroatoms. The molecule has 1 unspecified atom stereocenters. The van der Waals surface area contributed by atoms with E-state index >= 15 is 0 Å². The lowest BCUT2D eigenvalue weighted by atomic mass is 10.1. The third-order valence-electron chi connectivity index (χ3n) is 2.94. The molecule has 1 aliphatic rings. The van der Waals surface area contributed by atoms with Crippen LogP contribution in [0.4, 0.5) is 13.2 Å². The normalized spacial score (nSPS) is 21.0. The molecule has 0 bridgehead atoms. The summed E-state index contributed by atoms with van der Waals surface area (Å²) in [6.45, 7) is 3.78. The lowest BCUT2D eigenvalue weighted by Crippen LogP contribution is -2.39. The van der Waals surface area contributed by atoms with Crippen LogP contribution < -0.4 is 5.32 Å². The molecule has 18 heavy (non-hydrogen) atoms. The van der Waals surface area contributed by atoms with E-state index in [9.17, 15) is 13.2 Å². The number of morpholine rings is 1. The molecule has 0 aliphatic carbocycles. The third kappa shape index (κ3) is 3.20. The highest BCUT2D eigenvalue weighted by Gasteiger charge is 2.32. The zero-order chi connectivity index (χ0) is 13.2. The molecule has 3 nitrogen and oxygen atoms in total. The summed E-state index contributed by atoms with van der Waals surface area (Å²) >= 11 is 0. The average molecular weight is 260 g/mol. The number of ether oxygens (including phenoxy) is 1. The average Bonchev–Trinajstić information content (AvgIpc) is 2.32. The van der Waals surface area contributed by atoms with Gasteiger partial charge in [0.25, 0.3) is 0 Å². The highest BCUT2D eigenvalue weighted by Crippen LogP contribution is 2.28. The first-order chi connectivity index (χ1) is 8.47. The van der Waals surface area contributed by atoms with Crippen molar-refractivity contribution in [2.45, 2.75) is 25.6 Å². The summed E-state index contributed by atoms with van der Waals surface area (Å²) in [5.74, 6) is 0. The molecule has 0 spiro atoms. The molecule has 1 aromatic heterocycles. The Morgan fingerprint density at radius 1 is 1.44 bits per heavy atom. The number of nitrogens with zero attached hydrogens (tertiary/aromatic N) is 1. The van der Waals surface area contributed by atoms with Gasteiger partial charge in [-0.1, -0.05) is 6.07 Å². The van der Waals surface area contributed by atoms with E-state index in [0.29, 0.717) is 18.7 Å². The van der Waals surface area contributed by atoms with Crippen molar-refractivity contribution in [3.63, 3.8) is 0 Å². The Morgan fingerprint density at radius 3 is 2.78 bits per heavy atom. The van der Waals surface area contributed by atoms with Crippen molar-refractivity contribution in [3.05, 3.63) is 29.1 Å². The van der Waals surface area contributed by atoms with Gasteiger partial charge in [-0.3, -0.25) is 0 Å². The summed E-state index contributed by atoms with van der Waals surface area (Å²) in [7, 11) is 0. The quantitative estimate of drug-likeness (QED) is 0.882. The zero-order valence-corrected chi connectivity index (χ0v) is 10.0. The fourth-order valence-electron chi connectivity index (χ4n) is 1.96. The molecule has 0 aromatic carbocycles. The Bertz CT molecular complexity index is 414. The van der Waals surface area contributed by atoms with Crippen molar-refractivity contribution in [1.82, 2.24) is 10.3 Å². The van der Waals surface area contributed by atoms with Gasteiger partial charge in [0, 0.05) is 25.2 Å². The van der Waals surface area contributed by atoms with Crippen LogP contribution in [-0.2, 0) is 17.3 Å². The highest BCUT2D eigenvalue weighted by atomic mass is 19.4. The van der Waals surface area contributed by atoms with E-state index in [1.54, 1.807) is 6.92 Å². The fourth-order valence-corrected chi connectivity index (χ4v) is 1.96. The number of halogens is 3. The van der Waals surface area contributed by atoms with Crippen LogP contribution in [0.3, 0.4) is 0 Å². The second-order valence-corrected chi connectivity index (χ2v) is 4.34. The van der Waals surface area contributed by atoms with Crippen molar-refractivity contribution < 1.29 is 17.9 Å². The van der Waals surface area contributed by atoms with Gasteiger partial charge < -0.3 is 10.1 Å². The molecular formula is C12H15F3N2O. The Labute approximate surface area is 103 Å². The van der Waals surface area contributed by atoms with Gasteiger partial charge in [-0.25, -0.2) is 4.98 Å². The maximum atomic E-state index is 12.5. The Kier molecular flexibility index (Phi) is 3.87. The largest absolute Gasteiger partial charge is 0.433 e. The molecule has 0 saturated carbocycles. The monoisotopic (exact) mass is 260 g/mol. The van der Waals surface area contributed by atoms with Crippen LogP contribution in [0.5, 0.6) is 0 Å². The van der Waals surface area contributed by atoms with Crippen LogP contribution in [0.25, 0.3) is 0 Å². The van der Waals surface area contributed by atoms with E-state index in [1.165, 1.54) is 6.07 Å². The van der Waals surface area contributed by atoms with Crippen molar-refractivity contribution in [3.8, 4) is 0 Å². The van der Waals surface area contributed by atoms with E-state index in [1.807, 2.05) is 0 Å². The lowest BCUT2D eigenvalue weighted by Gasteiger charge is -2.24. The van der Waals surface area contributed by atoms with Crippen LogP contribution >= 0.6 is 0 Å². The number of hydrogen-bond acceptors (Lipinski definition) is 3. The Balaban J connectivity index is 2.09. The third-order valence-corrected chi connectivity index (χ3v) is 2.94. The molecule has 2 rings (SSSR count). The Morgan fingerprint density at radius 2 is 2.22 bits per heavy atom. The Hall–Kier alpha value is -1.14. The van der Waals surface area contributed by atoms with E-state index < -0.39 is 11.9 Å². The number of pyridine rings is 1. The molecule has 2 heterocycles. The van der Waals surface area contributed by atoms with Gasteiger partial charge in [-0.2, -0.15) is 13.2 Å². The minimum atomic E-state index is -4.38. The number of hydrogen-bond donors (Lipinski definition) is 1.